The molecule has 0 spiro atoms. The van der Waals surface area contributed by atoms with E-state index < -0.39 is 0 Å². The lowest BCUT2D eigenvalue weighted by molar-refractivity contribution is 0.886. The smallest absolute Gasteiger partial charge is 0.0395 e. The van der Waals surface area contributed by atoms with Crippen LogP contribution in [0.15, 0.2) is 18.2 Å². The average molecular weight is 238 g/mol. The van der Waals surface area contributed by atoms with Gasteiger partial charge in [-0.3, -0.25) is 0 Å². The Hall–Kier alpha value is -0.780. The van der Waals surface area contributed by atoms with E-state index in [9.17, 15) is 0 Å². The Labute approximate surface area is 110 Å². The van der Waals surface area contributed by atoms with Crippen molar-refractivity contribution < 1.29 is 0 Å². The standard InChI is InChI=1S/C9H12.C4H10.C3H8.CH4/c1-7-4-5-8(2)9(3)6-7;1-3-4-2;1-3-2;/h4-6H,1-3H3;3-4H2,1-2H3;3H2,1-2H3;1H4. The van der Waals surface area contributed by atoms with E-state index in [1.54, 1.807) is 0 Å². The van der Waals surface area contributed by atoms with E-state index in [2.05, 4.69) is 66.7 Å². The molecule has 0 heterocycles. The van der Waals surface area contributed by atoms with Gasteiger partial charge < -0.3 is 0 Å². The second-order valence-corrected chi connectivity index (χ2v) is 4.29. The first-order valence-electron chi connectivity index (χ1n) is 6.57. The summed E-state index contributed by atoms with van der Waals surface area (Å²) in [4.78, 5) is 0. The summed E-state index contributed by atoms with van der Waals surface area (Å²) in [6.07, 6.45) is 3.89. The Morgan fingerprint density at radius 2 is 1.18 bits per heavy atom. The minimum absolute atomic E-state index is 0. The number of hydrogen-bond acceptors (Lipinski definition) is 0. The molecule has 0 aliphatic heterocycles. The first-order chi connectivity index (χ1) is 7.53. The molecule has 0 fully saturated rings. The van der Waals surface area contributed by atoms with Gasteiger partial charge in [0.05, 0.1) is 0 Å². The van der Waals surface area contributed by atoms with Gasteiger partial charge in [0.25, 0.3) is 0 Å². The minimum Gasteiger partial charge on any atom is -0.0776 e. The number of rotatable bonds is 1. The third-order valence-electron chi connectivity index (χ3n) is 2.16. The van der Waals surface area contributed by atoms with Crippen LogP contribution in [-0.4, -0.2) is 0 Å². The van der Waals surface area contributed by atoms with E-state index in [0.29, 0.717) is 0 Å². The van der Waals surface area contributed by atoms with Crippen LogP contribution in [-0.2, 0) is 0 Å². The molecule has 0 radical (unpaired) electrons. The Bertz CT molecular complexity index is 246. The van der Waals surface area contributed by atoms with Gasteiger partial charge in [-0.05, 0) is 31.9 Å². The molecule has 0 aliphatic rings. The Balaban J connectivity index is -0.000000210. The predicted molar refractivity (Wildman–Crippen MR) is 83.9 cm³/mol. The quantitative estimate of drug-likeness (QED) is 0.526. The number of aryl methyl sites for hydroxylation is 3. The van der Waals surface area contributed by atoms with Gasteiger partial charge in [0.1, 0.15) is 0 Å². The maximum Gasteiger partial charge on any atom is -0.0395 e. The van der Waals surface area contributed by atoms with E-state index in [1.165, 1.54) is 36.0 Å². The maximum atomic E-state index is 2.20. The van der Waals surface area contributed by atoms with Crippen LogP contribution in [0.1, 0.15) is 71.1 Å². The predicted octanol–water partition coefficient (Wildman–Crippen LogP) is 6.47. The van der Waals surface area contributed by atoms with Crippen molar-refractivity contribution in [1.82, 2.24) is 0 Å². The summed E-state index contributed by atoms with van der Waals surface area (Å²) in [6.45, 7) is 15.0. The van der Waals surface area contributed by atoms with Crippen LogP contribution in [0.25, 0.3) is 0 Å². The summed E-state index contributed by atoms with van der Waals surface area (Å²) < 4.78 is 0. The third kappa shape index (κ3) is 15.2. The van der Waals surface area contributed by atoms with Gasteiger partial charge in [0.15, 0.2) is 0 Å². The lowest BCUT2D eigenvalue weighted by Gasteiger charge is -1.98. The fourth-order valence-corrected chi connectivity index (χ4v) is 0.891. The molecule has 1 rings (SSSR count). The molecular formula is C17H34. The molecule has 1 aromatic rings. The van der Waals surface area contributed by atoms with Crippen LogP contribution in [0.4, 0.5) is 0 Å². The summed E-state index contributed by atoms with van der Waals surface area (Å²) in [5.74, 6) is 0. The highest BCUT2D eigenvalue weighted by atomic mass is 13.9. The summed E-state index contributed by atoms with van der Waals surface area (Å²) >= 11 is 0. The van der Waals surface area contributed by atoms with Crippen molar-refractivity contribution >= 4 is 0 Å². The molecule has 1 aromatic carbocycles. The van der Waals surface area contributed by atoms with Crippen molar-refractivity contribution in [3.63, 3.8) is 0 Å². The lowest BCUT2D eigenvalue weighted by atomic mass is 10.1. The SMILES string of the molecule is C.CCC.CCCC.Cc1ccc(C)c(C)c1. The van der Waals surface area contributed by atoms with E-state index in [0.717, 1.165) is 0 Å². The van der Waals surface area contributed by atoms with Crippen LogP contribution in [0.5, 0.6) is 0 Å². The monoisotopic (exact) mass is 238 g/mol. The molecule has 0 nitrogen and oxygen atoms in total. The van der Waals surface area contributed by atoms with Crippen molar-refractivity contribution in [3.8, 4) is 0 Å². The molecule has 0 amide bonds. The van der Waals surface area contributed by atoms with E-state index in [4.69, 9.17) is 0 Å². The third-order valence-corrected chi connectivity index (χ3v) is 2.16. The summed E-state index contributed by atoms with van der Waals surface area (Å²) in [5, 5.41) is 0. The van der Waals surface area contributed by atoms with Gasteiger partial charge in [0.2, 0.25) is 0 Å². The molecule has 0 N–H and O–H groups in total. The Morgan fingerprint density at radius 3 is 1.41 bits per heavy atom. The van der Waals surface area contributed by atoms with Gasteiger partial charge >= 0.3 is 0 Å². The molecule has 0 saturated heterocycles. The number of unbranched alkanes of at least 4 members (excludes halogenated alkanes) is 1. The zero-order valence-electron chi connectivity index (χ0n) is 12.4. The number of benzene rings is 1. The highest BCUT2D eigenvalue weighted by molar-refractivity contribution is 5.28. The van der Waals surface area contributed by atoms with Gasteiger partial charge in [-0.25, -0.2) is 0 Å². The fraction of sp³-hybridized carbons (Fsp3) is 0.647. The molecule has 0 atom stereocenters. The van der Waals surface area contributed by atoms with Gasteiger partial charge in [0, 0.05) is 0 Å². The van der Waals surface area contributed by atoms with Crippen molar-refractivity contribution in [1.29, 1.82) is 0 Å². The Morgan fingerprint density at radius 1 is 0.765 bits per heavy atom. The second-order valence-electron chi connectivity index (χ2n) is 4.29. The number of hydrogen-bond donors (Lipinski definition) is 0. The minimum atomic E-state index is 0. The molecule has 0 aliphatic carbocycles. The van der Waals surface area contributed by atoms with Crippen LogP contribution in [0, 0.1) is 20.8 Å². The summed E-state index contributed by atoms with van der Waals surface area (Å²) in [7, 11) is 0. The van der Waals surface area contributed by atoms with Crippen LogP contribution in [0.3, 0.4) is 0 Å². The Kier molecular flexibility index (Phi) is 19.2. The second kappa shape index (κ2) is 15.2. The van der Waals surface area contributed by atoms with Crippen LogP contribution in [0.2, 0.25) is 0 Å². The molecule has 0 saturated carbocycles. The summed E-state index contributed by atoms with van der Waals surface area (Å²) in [5.41, 5.74) is 4.11. The molecule has 0 aromatic heterocycles. The maximum absolute atomic E-state index is 2.20. The molecule has 0 unspecified atom stereocenters. The molecule has 17 heavy (non-hydrogen) atoms. The van der Waals surface area contributed by atoms with Crippen molar-refractivity contribution in [2.24, 2.45) is 0 Å². The lowest BCUT2D eigenvalue weighted by Crippen LogP contribution is -1.79. The van der Waals surface area contributed by atoms with Gasteiger partial charge in [-0.2, -0.15) is 0 Å². The van der Waals surface area contributed by atoms with Crippen molar-refractivity contribution in [2.45, 2.75) is 75.2 Å². The van der Waals surface area contributed by atoms with Crippen LogP contribution < -0.4 is 0 Å². The first kappa shape index (κ1) is 21.5. The molecule has 102 valence electrons. The normalized spacial score (nSPS) is 7.94. The van der Waals surface area contributed by atoms with E-state index in [-0.39, 0.29) is 7.43 Å². The van der Waals surface area contributed by atoms with Crippen molar-refractivity contribution in [3.05, 3.63) is 34.9 Å². The molecule has 0 bridgehead atoms. The topological polar surface area (TPSA) is 0 Å². The zero-order chi connectivity index (χ0) is 13.0. The fourth-order valence-electron chi connectivity index (χ4n) is 0.891. The zero-order valence-corrected chi connectivity index (χ0v) is 12.4. The van der Waals surface area contributed by atoms with Crippen LogP contribution >= 0.6 is 0 Å². The molecular weight excluding hydrogens is 204 g/mol. The first-order valence-corrected chi connectivity index (χ1v) is 6.57. The highest BCUT2D eigenvalue weighted by Crippen LogP contribution is 2.07. The molecule has 0 heteroatoms. The van der Waals surface area contributed by atoms with Crippen molar-refractivity contribution in [2.75, 3.05) is 0 Å². The van der Waals surface area contributed by atoms with Gasteiger partial charge in [-0.1, -0.05) is 78.1 Å². The summed E-state index contributed by atoms with van der Waals surface area (Å²) in [6, 6.07) is 6.50. The van der Waals surface area contributed by atoms with Gasteiger partial charge in [-0.15, -0.1) is 0 Å². The van der Waals surface area contributed by atoms with E-state index >= 15 is 0 Å². The highest BCUT2D eigenvalue weighted by Gasteiger charge is 1.89. The average Bonchev–Trinajstić information content (AvgIpc) is 2.25. The van der Waals surface area contributed by atoms with E-state index in [1.807, 2.05) is 0 Å². The largest absolute Gasteiger partial charge is 0.0776 e.